The summed E-state index contributed by atoms with van der Waals surface area (Å²) in [4.78, 5) is 23.3. The molecule has 1 N–H and O–H groups in total. The quantitative estimate of drug-likeness (QED) is 0.0393. The minimum Gasteiger partial charge on any atom is -0.481 e. The van der Waals surface area contributed by atoms with Gasteiger partial charge in [-0.15, -0.1) is 0 Å². The number of aliphatic carboxylic acids is 1. The van der Waals surface area contributed by atoms with Crippen molar-refractivity contribution in [1.82, 2.24) is 0 Å². The van der Waals surface area contributed by atoms with Crippen molar-refractivity contribution in [3.8, 4) is 0 Å². The Kier molecular flexibility index (Phi) is 40.0. The fraction of sp³-hybridized carbons (Fsp3) is 0.826. The molecule has 0 rings (SSSR count). The van der Waals surface area contributed by atoms with Gasteiger partial charge in [-0.3, -0.25) is 9.59 Å². The third-order valence-electron chi connectivity index (χ3n) is 9.82. The lowest BCUT2D eigenvalue weighted by Gasteiger charge is -2.15. The van der Waals surface area contributed by atoms with Crippen molar-refractivity contribution in [2.45, 2.75) is 245 Å². The predicted octanol–water partition coefficient (Wildman–Crippen LogP) is 15.3. The minimum atomic E-state index is -0.699. The Balaban J connectivity index is 3.87. The van der Waals surface area contributed by atoms with E-state index in [2.05, 4.69) is 50.3 Å². The summed E-state index contributed by atoms with van der Waals surface area (Å²) in [7, 11) is 0. The molecule has 0 fully saturated rings. The number of ether oxygens (including phenoxy) is 1. The number of carboxylic acid groups (broad SMARTS) is 1. The van der Waals surface area contributed by atoms with Crippen molar-refractivity contribution in [1.29, 1.82) is 0 Å². The molecule has 0 aromatic rings. The summed E-state index contributed by atoms with van der Waals surface area (Å²) in [5, 5.41) is 8.79. The van der Waals surface area contributed by atoms with Gasteiger partial charge in [-0.25, -0.2) is 0 Å². The van der Waals surface area contributed by atoms with Crippen LogP contribution in [-0.2, 0) is 14.3 Å². The van der Waals surface area contributed by atoms with Crippen LogP contribution in [0.2, 0.25) is 0 Å². The molecule has 1 unspecified atom stereocenters. The van der Waals surface area contributed by atoms with Crippen LogP contribution >= 0.6 is 0 Å². The number of carbonyl (C=O) groups is 2. The van der Waals surface area contributed by atoms with Gasteiger partial charge >= 0.3 is 11.9 Å². The Bertz CT molecular complexity index is 798. The molecule has 0 aliphatic rings. The largest absolute Gasteiger partial charge is 0.481 e. The molecule has 1 atom stereocenters. The lowest BCUT2D eigenvalue weighted by molar-refractivity contribution is -0.147. The summed E-state index contributed by atoms with van der Waals surface area (Å²) in [5.41, 5.74) is 0. The van der Waals surface area contributed by atoms with Gasteiger partial charge in [0, 0.05) is 12.8 Å². The first-order chi connectivity index (χ1) is 24.6. The molecule has 0 aromatic heterocycles. The molecule has 292 valence electrons. The molecule has 0 bridgehead atoms. The van der Waals surface area contributed by atoms with Gasteiger partial charge in [-0.2, -0.15) is 0 Å². The first kappa shape index (κ1) is 48.2. The third-order valence-corrected chi connectivity index (χ3v) is 9.82. The molecule has 0 saturated heterocycles. The van der Waals surface area contributed by atoms with E-state index in [0.29, 0.717) is 6.42 Å². The summed E-state index contributed by atoms with van der Waals surface area (Å²) in [6.07, 6.45) is 54.8. The summed E-state index contributed by atoms with van der Waals surface area (Å²) in [5.74, 6) is -0.737. The predicted molar refractivity (Wildman–Crippen MR) is 218 cm³/mol. The Morgan fingerprint density at radius 1 is 0.460 bits per heavy atom. The van der Waals surface area contributed by atoms with Crippen LogP contribution in [0.25, 0.3) is 0 Å². The maximum atomic E-state index is 12.7. The number of hydrogen-bond acceptors (Lipinski definition) is 3. The molecule has 0 spiro atoms. The Morgan fingerprint density at radius 3 is 1.30 bits per heavy atom. The minimum absolute atomic E-state index is 0.0382. The highest BCUT2D eigenvalue weighted by Gasteiger charge is 2.11. The molecule has 0 aliphatic carbocycles. The smallest absolute Gasteiger partial charge is 0.306 e. The van der Waals surface area contributed by atoms with Crippen molar-refractivity contribution in [2.24, 2.45) is 0 Å². The van der Waals surface area contributed by atoms with Crippen LogP contribution in [0.5, 0.6) is 0 Å². The van der Waals surface area contributed by atoms with Gasteiger partial charge in [-0.05, 0) is 76.7 Å². The van der Waals surface area contributed by atoms with Gasteiger partial charge in [0.2, 0.25) is 0 Å². The summed E-state index contributed by atoms with van der Waals surface area (Å²) >= 11 is 0. The van der Waals surface area contributed by atoms with E-state index >= 15 is 0 Å². The van der Waals surface area contributed by atoms with E-state index in [-0.39, 0.29) is 18.5 Å². The maximum absolute atomic E-state index is 12.7. The summed E-state index contributed by atoms with van der Waals surface area (Å²) in [6.45, 7) is 4.53. The van der Waals surface area contributed by atoms with Crippen LogP contribution in [-0.4, -0.2) is 23.1 Å². The van der Waals surface area contributed by atoms with Crippen molar-refractivity contribution < 1.29 is 19.4 Å². The van der Waals surface area contributed by atoms with Crippen molar-refractivity contribution in [2.75, 3.05) is 0 Å². The van der Waals surface area contributed by atoms with Crippen molar-refractivity contribution in [3.05, 3.63) is 36.5 Å². The first-order valence-corrected chi connectivity index (χ1v) is 22.0. The highest BCUT2D eigenvalue weighted by molar-refractivity contribution is 5.69. The Labute approximate surface area is 311 Å². The fourth-order valence-corrected chi connectivity index (χ4v) is 6.54. The Hall–Kier alpha value is -1.84. The molecule has 50 heavy (non-hydrogen) atoms. The number of hydrogen-bond donors (Lipinski definition) is 1. The number of esters is 1. The first-order valence-electron chi connectivity index (χ1n) is 22.0. The van der Waals surface area contributed by atoms with Crippen molar-refractivity contribution >= 4 is 11.9 Å². The molecular formula is C46H84O4. The van der Waals surface area contributed by atoms with Gasteiger partial charge in [0.15, 0.2) is 0 Å². The third kappa shape index (κ3) is 40.6. The van der Waals surface area contributed by atoms with Gasteiger partial charge in [-0.1, -0.05) is 185 Å². The number of unbranched alkanes of at least 4 members (excludes halogenated alkanes) is 27. The normalized spacial score (nSPS) is 12.5. The van der Waals surface area contributed by atoms with E-state index in [9.17, 15) is 9.59 Å². The van der Waals surface area contributed by atoms with Crippen molar-refractivity contribution in [3.63, 3.8) is 0 Å². The molecule has 0 heterocycles. The highest BCUT2D eigenvalue weighted by atomic mass is 16.5. The molecule has 0 radical (unpaired) electrons. The maximum Gasteiger partial charge on any atom is 0.306 e. The van der Waals surface area contributed by atoms with E-state index in [1.807, 2.05) is 0 Å². The zero-order chi connectivity index (χ0) is 36.4. The van der Waals surface area contributed by atoms with Crippen LogP contribution in [0.4, 0.5) is 0 Å². The number of allylic oxidation sites excluding steroid dienone is 5. The van der Waals surface area contributed by atoms with Crippen LogP contribution < -0.4 is 0 Å². The summed E-state index contributed by atoms with van der Waals surface area (Å²) in [6, 6.07) is 0. The average Bonchev–Trinajstić information content (AvgIpc) is 3.10. The molecule has 4 heteroatoms. The molecule has 0 aliphatic heterocycles. The molecule has 0 saturated carbocycles. The van der Waals surface area contributed by atoms with Crippen LogP contribution in [0.1, 0.15) is 239 Å². The van der Waals surface area contributed by atoms with Crippen LogP contribution in [0.15, 0.2) is 36.5 Å². The lowest BCUT2D eigenvalue weighted by Crippen LogP contribution is -2.16. The van der Waals surface area contributed by atoms with E-state index in [0.717, 1.165) is 70.6 Å². The van der Waals surface area contributed by atoms with Gasteiger partial charge < -0.3 is 9.84 Å². The van der Waals surface area contributed by atoms with E-state index < -0.39 is 5.97 Å². The second-order valence-electron chi connectivity index (χ2n) is 14.9. The van der Waals surface area contributed by atoms with E-state index in [1.165, 1.54) is 141 Å². The SMILES string of the molecule is CCCCCCC/C=C\C/C=C\CCCCCCCCCCCCCC(=O)OC(/C=C\CCCCCCCC)CCCCCCCCC(=O)O. The van der Waals surface area contributed by atoms with E-state index in [4.69, 9.17) is 9.84 Å². The second-order valence-corrected chi connectivity index (χ2v) is 14.9. The van der Waals surface area contributed by atoms with Gasteiger partial charge in [0.05, 0.1) is 0 Å². The zero-order valence-corrected chi connectivity index (χ0v) is 33.5. The topological polar surface area (TPSA) is 63.6 Å². The highest BCUT2D eigenvalue weighted by Crippen LogP contribution is 2.16. The van der Waals surface area contributed by atoms with Crippen LogP contribution in [0.3, 0.4) is 0 Å². The zero-order valence-electron chi connectivity index (χ0n) is 33.5. The lowest BCUT2D eigenvalue weighted by atomic mass is 10.0. The summed E-state index contributed by atoms with van der Waals surface area (Å²) < 4.78 is 5.93. The molecule has 0 aromatic carbocycles. The monoisotopic (exact) mass is 701 g/mol. The van der Waals surface area contributed by atoms with Crippen LogP contribution in [0, 0.1) is 0 Å². The fourth-order valence-electron chi connectivity index (χ4n) is 6.54. The molecule has 0 amide bonds. The Morgan fingerprint density at radius 2 is 0.840 bits per heavy atom. The van der Waals surface area contributed by atoms with E-state index in [1.54, 1.807) is 0 Å². The van der Waals surface area contributed by atoms with Gasteiger partial charge in [0.1, 0.15) is 6.10 Å². The van der Waals surface area contributed by atoms with Gasteiger partial charge in [0.25, 0.3) is 0 Å². The second kappa shape index (κ2) is 41.6. The molecule has 4 nitrogen and oxygen atoms in total. The standard InChI is InChI=1S/C46H84O4/c1-3-5-7-9-11-13-14-15-16-17-18-19-20-21-22-23-24-25-26-27-29-35-39-43-46(49)50-44(40-36-32-28-12-10-8-6-4-2)41-37-33-30-31-34-38-42-45(47)48/h14-15,17-18,36,40,44H,3-13,16,19-35,37-39,41-43H2,1-2H3,(H,47,48)/b15-14-,18-17-,40-36-. The number of carboxylic acids is 1. The number of carbonyl (C=O) groups excluding carboxylic acids is 1. The average molecular weight is 701 g/mol. The number of rotatable bonds is 40. The molecular weight excluding hydrogens is 617 g/mol.